The average molecular weight is 378 g/mol. The zero-order valence-corrected chi connectivity index (χ0v) is 15.8. The fourth-order valence-electron chi connectivity index (χ4n) is 2.81. The number of amides is 1. The van der Waals surface area contributed by atoms with E-state index in [2.05, 4.69) is 27.0 Å². The molecule has 1 aliphatic rings. The van der Waals surface area contributed by atoms with Crippen LogP contribution in [-0.2, 0) is 0 Å². The van der Waals surface area contributed by atoms with Crippen molar-refractivity contribution in [1.29, 1.82) is 0 Å². The van der Waals surface area contributed by atoms with Gasteiger partial charge in [-0.05, 0) is 38.1 Å². The highest BCUT2D eigenvalue weighted by molar-refractivity contribution is 7.99. The first-order valence-electron chi connectivity index (χ1n) is 8.51. The molecule has 0 radical (unpaired) electrons. The number of benzene rings is 2. The van der Waals surface area contributed by atoms with E-state index in [0.29, 0.717) is 23.0 Å². The van der Waals surface area contributed by atoms with Gasteiger partial charge in [-0.3, -0.25) is 9.36 Å². The summed E-state index contributed by atoms with van der Waals surface area (Å²) in [6.07, 6.45) is 0. The maximum Gasteiger partial charge on any atom is 0.275 e. The van der Waals surface area contributed by atoms with Crippen molar-refractivity contribution in [2.75, 3.05) is 5.75 Å². The van der Waals surface area contributed by atoms with Gasteiger partial charge in [-0.25, -0.2) is 10.4 Å². The molecule has 1 amide bonds. The van der Waals surface area contributed by atoms with Gasteiger partial charge in [0, 0.05) is 11.4 Å². The molecule has 0 atom stereocenters. The Bertz CT molecular complexity index is 1030. The van der Waals surface area contributed by atoms with Crippen molar-refractivity contribution in [2.45, 2.75) is 19.0 Å². The Balaban J connectivity index is 1.58. The van der Waals surface area contributed by atoms with Gasteiger partial charge in [0.25, 0.3) is 5.91 Å². The molecule has 0 spiro atoms. The minimum atomic E-state index is -0.275. The molecule has 0 saturated heterocycles. The topological polar surface area (TPSA) is 68.5 Å². The SMILES string of the molecule is Cc1nc(SCC2=NNC(=O)c3ccccc3O2)n(-c2ccccc2)c1C. The molecular weight excluding hydrogens is 360 g/mol. The first-order valence-corrected chi connectivity index (χ1v) is 9.50. The van der Waals surface area contributed by atoms with E-state index in [9.17, 15) is 4.79 Å². The molecule has 27 heavy (non-hydrogen) atoms. The lowest BCUT2D eigenvalue weighted by atomic mass is 10.2. The number of ether oxygens (including phenoxy) is 1. The predicted octanol–water partition coefficient (Wildman–Crippen LogP) is 3.72. The number of hydrogen-bond acceptors (Lipinski definition) is 5. The molecule has 7 heteroatoms. The van der Waals surface area contributed by atoms with Gasteiger partial charge >= 0.3 is 0 Å². The summed E-state index contributed by atoms with van der Waals surface area (Å²) in [6, 6.07) is 17.2. The highest BCUT2D eigenvalue weighted by atomic mass is 32.2. The molecule has 0 saturated carbocycles. The highest BCUT2D eigenvalue weighted by Gasteiger charge is 2.20. The number of para-hydroxylation sites is 2. The van der Waals surface area contributed by atoms with Crippen LogP contribution in [0.1, 0.15) is 21.7 Å². The Kier molecular flexibility index (Phi) is 4.68. The molecule has 136 valence electrons. The number of hydrogen-bond donors (Lipinski definition) is 1. The number of aryl methyl sites for hydroxylation is 1. The fraction of sp³-hybridized carbons (Fsp3) is 0.150. The molecule has 0 aliphatic carbocycles. The molecule has 3 aromatic rings. The normalized spacial score (nSPS) is 13.3. The second kappa shape index (κ2) is 7.28. The van der Waals surface area contributed by atoms with Crippen LogP contribution < -0.4 is 10.2 Å². The third kappa shape index (κ3) is 3.46. The molecule has 0 bridgehead atoms. The number of thioether (sulfide) groups is 1. The molecule has 0 unspecified atom stereocenters. The molecule has 1 aromatic heterocycles. The van der Waals surface area contributed by atoms with Gasteiger partial charge in [-0.15, -0.1) is 5.10 Å². The van der Waals surface area contributed by atoms with Crippen LogP contribution in [0.15, 0.2) is 64.9 Å². The van der Waals surface area contributed by atoms with E-state index in [1.54, 1.807) is 18.2 Å². The van der Waals surface area contributed by atoms with Crippen LogP contribution in [0.5, 0.6) is 5.75 Å². The standard InChI is InChI=1S/C20H18N4O2S/c1-13-14(2)24(15-8-4-3-5-9-15)20(21-13)27-12-18-22-23-19(25)16-10-6-7-11-17(16)26-18/h3-11H,12H2,1-2H3,(H,23,25). The lowest BCUT2D eigenvalue weighted by Gasteiger charge is -2.10. The molecule has 1 aliphatic heterocycles. The lowest BCUT2D eigenvalue weighted by molar-refractivity contribution is 0.0955. The second-order valence-corrected chi connectivity index (χ2v) is 7.01. The van der Waals surface area contributed by atoms with Gasteiger partial charge in [-0.1, -0.05) is 42.1 Å². The minimum absolute atomic E-state index is 0.275. The number of carbonyl (C=O) groups excluding carboxylic acids is 1. The van der Waals surface area contributed by atoms with Gasteiger partial charge in [0.15, 0.2) is 5.16 Å². The highest BCUT2D eigenvalue weighted by Crippen LogP contribution is 2.27. The molecule has 2 aromatic carbocycles. The Morgan fingerprint density at radius 3 is 2.63 bits per heavy atom. The van der Waals surface area contributed by atoms with Gasteiger partial charge in [-0.2, -0.15) is 0 Å². The maximum absolute atomic E-state index is 12.1. The number of hydrazone groups is 1. The fourth-order valence-corrected chi connectivity index (χ4v) is 3.76. The second-order valence-electron chi connectivity index (χ2n) is 6.07. The lowest BCUT2D eigenvalue weighted by Crippen LogP contribution is -2.18. The summed E-state index contributed by atoms with van der Waals surface area (Å²) in [5.74, 6) is 1.10. The van der Waals surface area contributed by atoms with E-state index in [0.717, 1.165) is 22.2 Å². The van der Waals surface area contributed by atoms with Crippen LogP contribution in [0.25, 0.3) is 5.69 Å². The van der Waals surface area contributed by atoms with Crippen LogP contribution in [0.2, 0.25) is 0 Å². The minimum Gasteiger partial charge on any atom is -0.440 e. The Hall–Kier alpha value is -3.06. The summed E-state index contributed by atoms with van der Waals surface area (Å²) in [4.78, 5) is 16.8. The van der Waals surface area contributed by atoms with E-state index >= 15 is 0 Å². The average Bonchev–Trinajstić information content (AvgIpc) is 2.87. The molecule has 2 heterocycles. The van der Waals surface area contributed by atoms with Gasteiger partial charge in [0.1, 0.15) is 5.75 Å². The largest absolute Gasteiger partial charge is 0.440 e. The van der Waals surface area contributed by atoms with Crippen molar-refractivity contribution in [3.05, 3.63) is 71.5 Å². The summed E-state index contributed by atoms with van der Waals surface area (Å²) >= 11 is 1.51. The van der Waals surface area contributed by atoms with Crippen molar-refractivity contribution in [3.63, 3.8) is 0 Å². The van der Waals surface area contributed by atoms with Crippen molar-refractivity contribution < 1.29 is 9.53 Å². The van der Waals surface area contributed by atoms with Crippen LogP contribution in [0.4, 0.5) is 0 Å². The number of rotatable bonds is 4. The van der Waals surface area contributed by atoms with Gasteiger partial charge in [0.05, 0.1) is 17.0 Å². The third-order valence-electron chi connectivity index (χ3n) is 4.29. The molecule has 4 rings (SSSR count). The smallest absolute Gasteiger partial charge is 0.275 e. The summed E-state index contributed by atoms with van der Waals surface area (Å²) in [5.41, 5.74) is 6.13. The Morgan fingerprint density at radius 2 is 1.81 bits per heavy atom. The summed E-state index contributed by atoms with van der Waals surface area (Å²) in [7, 11) is 0. The summed E-state index contributed by atoms with van der Waals surface area (Å²) in [5, 5.41) is 4.96. The van der Waals surface area contributed by atoms with Crippen LogP contribution in [0.3, 0.4) is 0 Å². The molecule has 1 N–H and O–H groups in total. The summed E-state index contributed by atoms with van der Waals surface area (Å²) < 4.78 is 7.96. The van der Waals surface area contributed by atoms with Crippen LogP contribution >= 0.6 is 11.8 Å². The molecular formula is C20H18N4O2S. The van der Waals surface area contributed by atoms with Crippen LogP contribution in [-0.4, -0.2) is 27.1 Å². The number of carbonyl (C=O) groups is 1. The first-order chi connectivity index (χ1) is 13.1. The first kappa shape index (κ1) is 17.4. The monoisotopic (exact) mass is 378 g/mol. The number of nitrogens with one attached hydrogen (secondary N) is 1. The number of nitrogens with zero attached hydrogens (tertiary/aromatic N) is 3. The zero-order valence-electron chi connectivity index (χ0n) is 15.0. The number of aromatic nitrogens is 2. The van der Waals surface area contributed by atoms with Gasteiger partial charge in [0.2, 0.25) is 5.90 Å². The van der Waals surface area contributed by atoms with Crippen molar-refractivity contribution in [1.82, 2.24) is 15.0 Å². The van der Waals surface area contributed by atoms with Crippen LogP contribution in [0, 0.1) is 13.8 Å². The molecule has 6 nitrogen and oxygen atoms in total. The predicted molar refractivity (Wildman–Crippen MR) is 106 cm³/mol. The van der Waals surface area contributed by atoms with E-state index in [-0.39, 0.29) is 5.91 Å². The van der Waals surface area contributed by atoms with Crippen molar-refractivity contribution in [2.24, 2.45) is 5.10 Å². The van der Waals surface area contributed by atoms with Crippen molar-refractivity contribution in [3.8, 4) is 11.4 Å². The Labute approximate surface area is 161 Å². The summed E-state index contributed by atoms with van der Waals surface area (Å²) in [6.45, 7) is 4.05. The van der Waals surface area contributed by atoms with E-state index in [1.165, 1.54) is 11.8 Å². The quantitative estimate of drug-likeness (QED) is 0.703. The third-order valence-corrected chi connectivity index (χ3v) is 5.22. The maximum atomic E-state index is 12.1. The van der Waals surface area contributed by atoms with E-state index < -0.39 is 0 Å². The van der Waals surface area contributed by atoms with Crippen molar-refractivity contribution >= 4 is 23.6 Å². The van der Waals surface area contributed by atoms with E-state index in [4.69, 9.17) is 4.74 Å². The Morgan fingerprint density at radius 1 is 1.07 bits per heavy atom. The molecule has 0 fully saturated rings. The zero-order chi connectivity index (χ0) is 18.8. The van der Waals surface area contributed by atoms with E-state index in [1.807, 2.05) is 43.3 Å². The van der Waals surface area contributed by atoms with Gasteiger partial charge < -0.3 is 4.74 Å². The number of imidazole rings is 1. The number of fused-ring (bicyclic) bond motifs is 1.